The number of amides is 3. The van der Waals surface area contributed by atoms with Crippen LogP contribution in [-0.4, -0.2) is 69.6 Å². The Morgan fingerprint density at radius 1 is 1.09 bits per heavy atom. The van der Waals surface area contributed by atoms with E-state index in [4.69, 9.17) is 9.84 Å². The summed E-state index contributed by atoms with van der Waals surface area (Å²) in [6.07, 6.45) is 1.08. The van der Waals surface area contributed by atoms with Crippen LogP contribution in [0.15, 0.2) is 30.3 Å². The summed E-state index contributed by atoms with van der Waals surface area (Å²) in [6.45, 7) is 2.28. The van der Waals surface area contributed by atoms with Crippen molar-refractivity contribution in [2.45, 2.75) is 70.2 Å². The highest BCUT2D eigenvalue weighted by Crippen LogP contribution is 2.20. The monoisotopic (exact) mass is 477 g/mol. The number of carbonyl (C=O) groups is 5. The molecule has 0 saturated carbocycles. The van der Waals surface area contributed by atoms with Crippen molar-refractivity contribution in [2.75, 3.05) is 6.54 Å². The van der Waals surface area contributed by atoms with Crippen LogP contribution >= 0.6 is 0 Å². The number of aliphatic carboxylic acids is 2. The van der Waals surface area contributed by atoms with Crippen LogP contribution in [0.2, 0.25) is 0 Å². The standard InChI is InChI=1S/C23H31N3O8/c1-2-3-10-16(20(29)25-17(22(31)32)13-19(27)28)24-21(30)18-11-7-12-26(18)23(33)34-14-15-8-5-4-6-9-15/h4-6,8-9,16-18H,2-3,7,10-14H2,1H3,(H,24,30)(H,25,29)(H,27,28)(H,31,32)/t16-,17-,18-/m0/s1. The SMILES string of the molecule is CCCC[C@H](NC(=O)[C@@H]1CCCN1C(=O)OCc1ccccc1)C(=O)N[C@@H](CC(=O)O)C(=O)O. The molecule has 1 fully saturated rings. The van der Waals surface area contributed by atoms with Gasteiger partial charge in [-0.1, -0.05) is 50.1 Å². The molecule has 1 aliphatic rings. The van der Waals surface area contributed by atoms with Gasteiger partial charge in [-0.3, -0.25) is 19.3 Å². The zero-order chi connectivity index (χ0) is 25.1. The Hall–Kier alpha value is -3.63. The number of carbonyl (C=O) groups excluding carboxylic acids is 3. The normalized spacial score (nSPS) is 16.9. The number of likely N-dealkylation sites (tertiary alicyclic amines) is 1. The lowest BCUT2D eigenvalue weighted by Gasteiger charge is -2.26. The molecule has 0 aromatic heterocycles. The number of benzene rings is 1. The molecule has 1 saturated heterocycles. The minimum Gasteiger partial charge on any atom is -0.481 e. The fourth-order valence-electron chi connectivity index (χ4n) is 3.65. The van der Waals surface area contributed by atoms with Gasteiger partial charge in [-0.15, -0.1) is 0 Å². The number of nitrogens with zero attached hydrogens (tertiary/aromatic N) is 1. The summed E-state index contributed by atoms with van der Waals surface area (Å²) in [5.74, 6) is -4.20. The van der Waals surface area contributed by atoms with Crippen molar-refractivity contribution in [1.29, 1.82) is 0 Å². The third-order valence-electron chi connectivity index (χ3n) is 5.47. The Kier molecular flexibility index (Phi) is 10.3. The van der Waals surface area contributed by atoms with E-state index in [-0.39, 0.29) is 13.0 Å². The van der Waals surface area contributed by atoms with E-state index in [1.165, 1.54) is 4.90 Å². The summed E-state index contributed by atoms with van der Waals surface area (Å²) >= 11 is 0. The summed E-state index contributed by atoms with van der Waals surface area (Å²) in [5, 5.41) is 22.9. The van der Waals surface area contributed by atoms with Crippen molar-refractivity contribution in [2.24, 2.45) is 0 Å². The Balaban J connectivity index is 2.02. The number of ether oxygens (including phenoxy) is 1. The number of carboxylic acid groups (broad SMARTS) is 2. The molecule has 3 amide bonds. The molecule has 2 rings (SSSR count). The van der Waals surface area contributed by atoms with E-state index >= 15 is 0 Å². The molecule has 1 heterocycles. The molecule has 1 aromatic rings. The Labute approximate surface area is 197 Å². The van der Waals surface area contributed by atoms with E-state index in [0.29, 0.717) is 25.8 Å². The molecule has 0 aliphatic carbocycles. The lowest BCUT2D eigenvalue weighted by Crippen LogP contribution is -2.55. The average Bonchev–Trinajstić information content (AvgIpc) is 3.30. The molecule has 0 spiro atoms. The van der Waals surface area contributed by atoms with Crippen molar-refractivity contribution in [3.63, 3.8) is 0 Å². The lowest BCUT2D eigenvalue weighted by molar-refractivity contribution is -0.147. The second kappa shape index (κ2) is 13.2. The molecule has 4 N–H and O–H groups in total. The van der Waals surface area contributed by atoms with Crippen LogP contribution in [0.5, 0.6) is 0 Å². The molecule has 11 heteroatoms. The number of hydrogen-bond acceptors (Lipinski definition) is 6. The maximum Gasteiger partial charge on any atom is 0.410 e. The molecule has 0 unspecified atom stereocenters. The van der Waals surface area contributed by atoms with Gasteiger partial charge in [0, 0.05) is 6.54 Å². The van der Waals surface area contributed by atoms with Gasteiger partial charge in [0.15, 0.2) is 0 Å². The summed E-state index contributed by atoms with van der Waals surface area (Å²) in [5.41, 5.74) is 0.807. The van der Waals surface area contributed by atoms with Gasteiger partial charge in [0.25, 0.3) is 0 Å². The first-order chi connectivity index (χ1) is 16.2. The minimum absolute atomic E-state index is 0.0617. The van der Waals surface area contributed by atoms with Crippen molar-refractivity contribution in [3.05, 3.63) is 35.9 Å². The number of rotatable bonds is 12. The van der Waals surface area contributed by atoms with Crippen molar-refractivity contribution in [1.82, 2.24) is 15.5 Å². The van der Waals surface area contributed by atoms with Crippen LogP contribution < -0.4 is 10.6 Å². The fraction of sp³-hybridized carbons (Fsp3) is 0.522. The molecule has 0 radical (unpaired) electrons. The van der Waals surface area contributed by atoms with E-state index in [1.807, 2.05) is 37.3 Å². The molecular weight excluding hydrogens is 446 g/mol. The van der Waals surface area contributed by atoms with E-state index < -0.39 is 54.4 Å². The number of hydrogen-bond donors (Lipinski definition) is 4. The van der Waals surface area contributed by atoms with Crippen molar-refractivity contribution < 1.29 is 38.9 Å². The van der Waals surface area contributed by atoms with E-state index in [2.05, 4.69) is 10.6 Å². The molecule has 186 valence electrons. The van der Waals surface area contributed by atoms with Gasteiger partial charge < -0.3 is 25.6 Å². The quantitative estimate of drug-likeness (QED) is 0.352. The van der Waals surface area contributed by atoms with Gasteiger partial charge in [0.2, 0.25) is 11.8 Å². The van der Waals surface area contributed by atoms with Crippen LogP contribution in [0.3, 0.4) is 0 Å². The first kappa shape index (κ1) is 26.6. The van der Waals surface area contributed by atoms with Crippen LogP contribution in [-0.2, 0) is 30.5 Å². The van der Waals surface area contributed by atoms with Crippen molar-refractivity contribution in [3.8, 4) is 0 Å². The third-order valence-corrected chi connectivity index (χ3v) is 5.47. The third kappa shape index (κ3) is 8.05. The Morgan fingerprint density at radius 3 is 2.41 bits per heavy atom. The topological polar surface area (TPSA) is 162 Å². The predicted octanol–water partition coefficient (Wildman–Crippen LogP) is 1.51. The summed E-state index contributed by atoms with van der Waals surface area (Å²) < 4.78 is 5.33. The average molecular weight is 478 g/mol. The highest BCUT2D eigenvalue weighted by atomic mass is 16.6. The van der Waals surface area contributed by atoms with E-state index in [0.717, 1.165) is 12.0 Å². The maximum absolute atomic E-state index is 13.0. The largest absolute Gasteiger partial charge is 0.481 e. The fourth-order valence-corrected chi connectivity index (χ4v) is 3.65. The van der Waals surface area contributed by atoms with Gasteiger partial charge in [-0.05, 0) is 24.8 Å². The molecule has 3 atom stereocenters. The predicted molar refractivity (Wildman–Crippen MR) is 120 cm³/mol. The van der Waals surface area contributed by atoms with Crippen LogP contribution in [0.1, 0.15) is 51.0 Å². The first-order valence-corrected chi connectivity index (χ1v) is 11.3. The van der Waals surface area contributed by atoms with Gasteiger partial charge >= 0.3 is 18.0 Å². The molecule has 0 bridgehead atoms. The van der Waals surface area contributed by atoms with Gasteiger partial charge in [-0.25, -0.2) is 9.59 Å². The lowest BCUT2D eigenvalue weighted by atomic mass is 10.1. The second-order valence-electron chi connectivity index (χ2n) is 8.09. The Morgan fingerprint density at radius 2 is 1.79 bits per heavy atom. The van der Waals surface area contributed by atoms with Gasteiger partial charge in [-0.2, -0.15) is 0 Å². The molecule has 1 aliphatic heterocycles. The van der Waals surface area contributed by atoms with Gasteiger partial charge in [0.05, 0.1) is 6.42 Å². The maximum atomic E-state index is 13.0. The molecule has 1 aromatic carbocycles. The zero-order valence-corrected chi connectivity index (χ0v) is 19.1. The summed E-state index contributed by atoms with van der Waals surface area (Å²) in [4.78, 5) is 61.7. The Bertz CT molecular complexity index is 876. The number of nitrogens with one attached hydrogen (secondary N) is 2. The van der Waals surface area contributed by atoms with Crippen molar-refractivity contribution >= 4 is 29.8 Å². The first-order valence-electron chi connectivity index (χ1n) is 11.3. The van der Waals surface area contributed by atoms with E-state index in [9.17, 15) is 29.1 Å². The smallest absolute Gasteiger partial charge is 0.410 e. The molecule has 11 nitrogen and oxygen atoms in total. The zero-order valence-electron chi connectivity index (χ0n) is 19.1. The number of unbranched alkanes of at least 4 members (excludes halogenated alkanes) is 1. The summed E-state index contributed by atoms with van der Waals surface area (Å²) in [6, 6.07) is 5.60. The van der Waals surface area contributed by atoms with Crippen LogP contribution in [0, 0.1) is 0 Å². The number of carboxylic acids is 2. The van der Waals surface area contributed by atoms with Gasteiger partial charge in [0.1, 0.15) is 24.7 Å². The van der Waals surface area contributed by atoms with E-state index in [1.54, 1.807) is 0 Å². The molecular formula is C23H31N3O8. The van der Waals surface area contributed by atoms with Crippen LogP contribution in [0.4, 0.5) is 4.79 Å². The minimum atomic E-state index is -1.62. The highest BCUT2D eigenvalue weighted by Gasteiger charge is 2.37. The molecule has 34 heavy (non-hydrogen) atoms. The highest BCUT2D eigenvalue weighted by molar-refractivity contribution is 5.93. The van der Waals surface area contributed by atoms with Crippen LogP contribution in [0.25, 0.3) is 0 Å². The second-order valence-corrected chi connectivity index (χ2v) is 8.09. The summed E-state index contributed by atoms with van der Waals surface area (Å²) in [7, 11) is 0.